The van der Waals surface area contributed by atoms with E-state index >= 15 is 0 Å². The van der Waals surface area contributed by atoms with E-state index in [-0.39, 0.29) is 11.9 Å². The fourth-order valence-corrected chi connectivity index (χ4v) is 2.44. The van der Waals surface area contributed by atoms with Gasteiger partial charge in [-0.1, -0.05) is 30.3 Å². The molecule has 1 amide bonds. The van der Waals surface area contributed by atoms with Crippen molar-refractivity contribution in [1.29, 1.82) is 0 Å². The lowest BCUT2D eigenvalue weighted by molar-refractivity contribution is 0.0929. The van der Waals surface area contributed by atoms with Gasteiger partial charge in [0.2, 0.25) is 0 Å². The molecule has 0 aliphatic rings. The number of carbonyl (C=O) groups is 1. The van der Waals surface area contributed by atoms with E-state index < -0.39 is 0 Å². The van der Waals surface area contributed by atoms with Crippen LogP contribution in [0.3, 0.4) is 0 Å². The van der Waals surface area contributed by atoms with E-state index in [0.717, 1.165) is 12.1 Å². The molecule has 0 bridgehead atoms. The number of likely N-dealkylation sites (N-methyl/N-ethyl adjacent to an activating group) is 1. The maximum atomic E-state index is 12.4. The highest BCUT2D eigenvalue weighted by atomic mass is 79.9. The van der Waals surface area contributed by atoms with Gasteiger partial charge in [-0.25, -0.2) is 4.98 Å². The molecule has 0 saturated carbocycles. The first kappa shape index (κ1) is 15.7. The highest BCUT2D eigenvalue weighted by Crippen LogP contribution is 2.15. The molecule has 0 aliphatic heterocycles. The smallest absolute Gasteiger partial charge is 0.251 e. The van der Waals surface area contributed by atoms with Crippen molar-refractivity contribution in [3.63, 3.8) is 0 Å². The zero-order chi connectivity index (χ0) is 15.2. The first-order valence-electron chi connectivity index (χ1n) is 6.68. The van der Waals surface area contributed by atoms with E-state index in [1.165, 1.54) is 0 Å². The van der Waals surface area contributed by atoms with Gasteiger partial charge in [-0.2, -0.15) is 0 Å². The second-order valence-electron chi connectivity index (χ2n) is 5.07. The number of amides is 1. The average Bonchev–Trinajstić information content (AvgIpc) is 2.47. The van der Waals surface area contributed by atoms with Crippen LogP contribution in [-0.4, -0.2) is 36.4 Å². The van der Waals surface area contributed by atoms with Crippen LogP contribution in [0.25, 0.3) is 0 Å². The first-order chi connectivity index (χ1) is 10.1. The van der Waals surface area contributed by atoms with Crippen LogP contribution in [0.5, 0.6) is 0 Å². The maximum Gasteiger partial charge on any atom is 0.251 e. The SMILES string of the molecule is CN(C)CC(NC(=O)c1ccnc(Br)c1)c1ccccc1. The summed E-state index contributed by atoms with van der Waals surface area (Å²) in [5.41, 5.74) is 1.68. The quantitative estimate of drug-likeness (QED) is 0.846. The van der Waals surface area contributed by atoms with Gasteiger partial charge in [0.25, 0.3) is 5.91 Å². The van der Waals surface area contributed by atoms with E-state index in [0.29, 0.717) is 10.2 Å². The van der Waals surface area contributed by atoms with Crippen molar-refractivity contribution in [2.45, 2.75) is 6.04 Å². The molecule has 21 heavy (non-hydrogen) atoms. The van der Waals surface area contributed by atoms with Gasteiger partial charge in [-0.05, 0) is 47.7 Å². The topological polar surface area (TPSA) is 45.2 Å². The van der Waals surface area contributed by atoms with Gasteiger partial charge in [0.15, 0.2) is 0 Å². The Morgan fingerprint density at radius 3 is 2.62 bits per heavy atom. The summed E-state index contributed by atoms with van der Waals surface area (Å²) in [4.78, 5) is 18.5. The monoisotopic (exact) mass is 347 g/mol. The van der Waals surface area contributed by atoms with Crippen molar-refractivity contribution in [1.82, 2.24) is 15.2 Å². The lowest BCUT2D eigenvalue weighted by Gasteiger charge is -2.23. The van der Waals surface area contributed by atoms with Crippen LogP contribution in [0.1, 0.15) is 22.0 Å². The summed E-state index contributed by atoms with van der Waals surface area (Å²) >= 11 is 3.28. The molecular formula is C16H18BrN3O. The van der Waals surface area contributed by atoms with Gasteiger partial charge in [0, 0.05) is 18.3 Å². The maximum absolute atomic E-state index is 12.4. The molecular weight excluding hydrogens is 330 g/mol. The van der Waals surface area contributed by atoms with E-state index in [9.17, 15) is 4.79 Å². The van der Waals surface area contributed by atoms with Crippen molar-refractivity contribution < 1.29 is 4.79 Å². The Morgan fingerprint density at radius 1 is 1.29 bits per heavy atom. The highest BCUT2D eigenvalue weighted by Gasteiger charge is 2.16. The van der Waals surface area contributed by atoms with Crippen LogP contribution in [0.4, 0.5) is 0 Å². The Hall–Kier alpha value is -1.72. The summed E-state index contributed by atoms with van der Waals surface area (Å²) in [6.45, 7) is 0.738. The number of hydrogen-bond donors (Lipinski definition) is 1. The van der Waals surface area contributed by atoms with Crippen LogP contribution in [0.2, 0.25) is 0 Å². The Morgan fingerprint density at radius 2 is 2.00 bits per heavy atom. The van der Waals surface area contributed by atoms with Crippen LogP contribution >= 0.6 is 15.9 Å². The van der Waals surface area contributed by atoms with Crippen molar-refractivity contribution in [2.24, 2.45) is 0 Å². The molecule has 5 heteroatoms. The number of hydrogen-bond acceptors (Lipinski definition) is 3. The van der Waals surface area contributed by atoms with Crippen molar-refractivity contribution >= 4 is 21.8 Å². The number of carbonyl (C=O) groups excluding carboxylic acids is 1. The minimum absolute atomic E-state index is 0.0550. The summed E-state index contributed by atoms with van der Waals surface area (Å²) in [5.74, 6) is -0.103. The fraction of sp³-hybridized carbons (Fsp3) is 0.250. The largest absolute Gasteiger partial charge is 0.344 e. The summed E-state index contributed by atoms with van der Waals surface area (Å²) < 4.78 is 0.652. The van der Waals surface area contributed by atoms with Crippen molar-refractivity contribution in [3.05, 3.63) is 64.4 Å². The number of nitrogens with zero attached hydrogens (tertiary/aromatic N) is 2. The van der Waals surface area contributed by atoms with Gasteiger partial charge in [0.1, 0.15) is 4.60 Å². The van der Waals surface area contributed by atoms with E-state index in [1.807, 2.05) is 44.4 Å². The van der Waals surface area contributed by atoms with Crippen LogP contribution < -0.4 is 5.32 Å². The summed E-state index contributed by atoms with van der Waals surface area (Å²) in [6, 6.07) is 13.3. The third kappa shape index (κ3) is 4.65. The van der Waals surface area contributed by atoms with Gasteiger partial charge in [-0.3, -0.25) is 4.79 Å². The number of halogens is 1. The summed E-state index contributed by atoms with van der Waals surface area (Å²) in [7, 11) is 3.98. The lowest BCUT2D eigenvalue weighted by Crippen LogP contribution is -2.35. The number of nitrogens with one attached hydrogen (secondary N) is 1. The minimum atomic E-state index is -0.103. The molecule has 0 spiro atoms. The molecule has 1 unspecified atom stereocenters. The zero-order valence-corrected chi connectivity index (χ0v) is 13.7. The molecule has 2 rings (SSSR count). The second-order valence-corrected chi connectivity index (χ2v) is 5.88. The third-order valence-corrected chi connectivity index (χ3v) is 3.48. The normalized spacial score (nSPS) is 12.2. The van der Waals surface area contributed by atoms with Gasteiger partial charge in [0.05, 0.1) is 6.04 Å². The zero-order valence-electron chi connectivity index (χ0n) is 12.1. The van der Waals surface area contributed by atoms with Crippen molar-refractivity contribution in [3.8, 4) is 0 Å². The number of rotatable bonds is 5. The molecule has 1 N–H and O–H groups in total. The van der Waals surface area contributed by atoms with E-state index in [2.05, 4.69) is 31.1 Å². The third-order valence-electron chi connectivity index (χ3n) is 3.04. The van der Waals surface area contributed by atoms with E-state index in [4.69, 9.17) is 0 Å². The van der Waals surface area contributed by atoms with Gasteiger partial charge >= 0.3 is 0 Å². The molecule has 110 valence electrons. The molecule has 1 aromatic heterocycles. The lowest BCUT2D eigenvalue weighted by atomic mass is 10.1. The van der Waals surface area contributed by atoms with Crippen molar-refractivity contribution in [2.75, 3.05) is 20.6 Å². The molecule has 1 heterocycles. The molecule has 1 aromatic carbocycles. The van der Waals surface area contributed by atoms with Gasteiger partial charge in [-0.15, -0.1) is 0 Å². The highest BCUT2D eigenvalue weighted by molar-refractivity contribution is 9.10. The minimum Gasteiger partial charge on any atom is -0.344 e. The molecule has 4 nitrogen and oxygen atoms in total. The Balaban J connectivity index is 2.17. The molecule has 0 aliphatic carbocycles. The molecule has 0 radical (unpaired) electrons. The fourth-order valence-electron chi connectivity index (χ4n) is 2.07. The predicted molar refractivity (Wildman–Crippen MR) is 87.1 cm³/mol. The molecule has 1 atom stereocenters. The summed E-state index contributed by atoms with van der Waals surface area (Å²) in [6.07, 6.45) is 1.61. The Labute approximate surface area is 133 Å². The number of benzene rings is 1. The second kappa shape index (κ2) is 7.33. The Kier molecular flexibility index (Phi) is 5.47. The van der Waals surface area contributed by atoms with Crippen LogP contribution in [0.15, 0.2) is 53.3 Å². The van der Waals surface area contributed by atoms with Crippen LogP contribution in [-0.2, 0) is 0 Å². The van der Waals surface area contributed by atoms with E-state index in [1.54, 1.807) is 18.3 Å². The van der Waals surface area contributed by atoms with Gasteiger partial charge < -0.3 is 10.2 Å². The standard InChI is InChI=1S/C16H18BrN3O/c1-20(2)11-14(12-6-4-3-5-7-12)19-16(21)13-8-9-18-15(17)10-13/h3-10,14H,11H2,1-2H3,(H,19,21). The molecule has 0 fully saturated rings. The Bertz CT molecular complexity index is 601. The molecule has 2 aromatic rings. The predicted octanol–water partition coefficient (Wildman–Crippen LogP) is 2.88. The first-order valence-corrected chi connectivity index (χ1v) is 7.47. The van der Waals surface area contributed by atoms with Crippen LogP contribution in [0, 0.1) is 0 Å². The summed E-state index contributed by atoms with van der Waals surface area (Å²) in [5, 5.41) is 3.08. The average molecular weight is 348 g/mol. The number of pyridine rings is 1. The molecule has 0 saturated heterocycles. The number of aromatic nitrogens is 1.